The Hall–Kier alpha value is -0.480. The van der Waals surface area contributed by atoms with Crippen molar-refractivity contribution in [3.05, 3.63) is 57.5 Å². The molecule has 0 aromatic heterocycles. The number of hydrogen-bond acceptors (Lipinski definition) is 2. The minimum atomic E-state index is 0.152. The van der Waals surface area contributed by atoms with E-state index < -0.39 is 0 Å². The minimum absolute atomic E-state index is 0.152. The second-order valence-corrected chi connectivity index (χ2v) is 6.96. The second kappa shape index (κ2) is 6.80. The fraction of sp³-hybridized carbons (Fsp3) is 0.200. The maximum Gasteiger partial charge on any atom is 0.0406 e. The van der Waals surface area contributed by atoms with Gasteiger partial charge in [-0.15, -0.1) is 0 Å². The Morgan fingerprint density at radius 1 is 1.21 bits per heavy atom. The first-order chi connectivity index (χ1) is 9.04. The Morgan fingerprint density at radius 3 is 2.53 bits per heavy atom. The summed E-state index contributed by atoms with van der Waals surface area (Å²) < 4.78 is 1.09. The Labute approximate surface area is 131 Å². The predicted octanol–water partition coefficient (Wildman–Crippen LogP) is 5.14. The van der Waals surface area contributed by atoms with Crippen molar-refractivity contribution < 1.29 is 0 Å². The smallest absolute Gasteiger partial charge is 0.0406 e. The van der Waals surface area contributed by atoms with Crippen molar-refractivity contribution in [2.45, 2.75) is 29.2 Å². The summed E-state index contributed by atoms with van der Waals surface area (Å²) in [7, 11) is 0. The summed E-state index contributed by atoms with van der Waals surface area (Å²) >= 11 is 11.2. The molecule has 0 amide bonds. The van der Waals surface area contributed by atoms with Gasteiger partial charge in [-0.2, -0.15) is 0 Å². The van der Waals surface area contributed by atoms with Crippen LogP contribution in [0.4, 0.5) is 0 Å². The van der Waals surface area contributed by atoms with Crippen LogP contribution in [0, 0.1) is 0 Å². The molecule has 0 saturated heterocycles. The maximum atomic E-state index is 5.91. The summed E-state index contributed by atoms with van der Waals surface area (Å²) in [6, 6.07) is 14.4. The number of hydrogen-bond donors (Lipinski definition) is 1. The monoisotopic (exact) mass is 355 g/mol. The highest BCUT2D eigenvalue weighted by Gasteiger charge is 2.07. The first-order valence-corrected chi connectivity index (χ1v) is 8.01. The maximum absolute atomic E-state index is 5.91. The van der Waals surface area contributed by atoms with Gasteiger partial charge >= 0.3 is 0 Å². The topological polar surface area (TPSA) is 26.0 Å². The van der Waals surface area contributed by atoms with E-state index in [2.05, 4.69) is 34.1 Å². The van der Waals surface area contributed by atoms with Crippen LogP contribution in [0.1, 0.15) is 12.5 Å². The Bertz CT molecular complexity index is 555. The molecule has 0 fully saturated rings. The molecule has 0 bridgehead atoms. The minimum Gasteiger partial charge on any atom is -0.328 e. The average molecular weight is 357 g/mol. The molecule has 2 aromatic rings. The van der Waals surface area contributed by atoms with Crippen LogP contribution in [0.25, 0.3) is 0 Å². The highest BCUT2D eigenvalue weighted by molar-refractivity contribution is 9.10. The lowest BCUT2D eigenvalue weighted by atomic mass is 10.1. The standard InChI is InChI=1S/C15H15BrClNS/c1-10(18)8-11-9-12(16)2-7-15(11)19-14-5-3-13(17)4-6-14/h2-7,9-10H,8,18H2,1H3. The normalized spacial score (nSPS) is 12.4. The van der Waals surface area contributed by atoms with E-state index in [1.165, 1.54) is 15.4 Å². The van der Waals surface area contributed by atoms with Gasteiger partial charge in [-0.3, -0.25) is 0 Å². The van der Waals surface area contributed by atoms with Crippen molar-refractivity contribution >= 4 is 39.3 Å². The van der Waals surface area contributed by atoms with Gasteiger partial charge in [-0.1, -0.05) is 39.3 Å². The van der Waals surface area contributed by atoms with Crippen LogP contribution in [0.3, 0.4) is 0 Å². The Kier molecular flexibility index (Phi) is 5.34. The summed E-state index contributed by atoms with van der Waals surface area (Å²) in [5.41, 5.74) is 7.18. The Balaban J connectivity index is 2.26. The number of rotatable bonds is 4. The zero-order valence-electron chi connectivity index (χ0n) is 10.6. The molecular formula is C15H15BrClNS. The van der Waals surface area contributed by atoms with Crippen molar-refractivity contribution in [3.63, 3.8) is 0 Å². The molecule has 0 aliphatic rings. The molecule has 0 aliphatic carbocycles. The molecule has 1 nitrogen and oxygen atoms in total. The van der Waals surface area contributed by atoms with E-state index in [-0.39, 0.29) is 6.04 Å². The second-order valence-electron chi connectivity index (χ2n) is 4.49. The van der Waals surface area contributed by atoms with E-state index in [1.54, 1.807) is 11.8 Å². The highest BCUT2D eigenvalue weighted by atomic mass is 79.9. The summed E-state index contributed by atoms with van der Waals surface area (Å²) in [5.74, 6) is 0. The van der Waals surface area contributed by atoms with Crippen molar-refractivity contribution in [1.29, 1.82) is 0 Å². The molecule has 0 radical (unpaired) electrons. The molecular weight excluding hydrogens is 342 g/mol. The molecule has 2 aromatic carbocycles. The van der Waals surface area contributed by atoms with Gasteiger partial charge in [0.2, 0.25) is 0 Å². The lowest BCUT2D eigenvalue weighted by molar-refractivity contribution is 0.729. The molecule has 0 spiro atoms. The van der Waals surface area contributed by atoms with Gasteiger partial charge in [-0.25, -0.2) is 0 Å². The summed E-state index contributed by atoms with van der Waals surface area (Å²) in [6.07, 6.45) is 0.870. The first-order valence-electron chi connectivity index (χ1n) is 6.02. The van der Waals surface area contributed by atoms with Crippen LogP contribution < -0.4 is 5.73 Å². The summed E-state index contributed by atoms with van der Waals surface area (Å²) in [4.78, 5) is 2.42. The first kappa shape index (κ1) is 14.9. The molecule has 0 saturated carbocycles. The van der Waals surface area contributed by atoms with Crippen molar-refractivity contribution in [1.82, 2.24) is 0 Å². The van der Waals surface area contributed by atoms with E-state index in [1.807, 2.05) is 31.2 Å². The van der Waals surface area contributed by atoms with Crippen LogP contribution in [-0.4, -0.2) is 6.04 Å². The molecule has 2 rings (SSSR count). The van der Waals surface area contributed by atoms with E-state index in [0.717, 1.165) is 15.9 Å². The van der Waals surface area contributed by atoms with Crippen LogP contribution in [0.15, 0.2) is 56.7 Å². The van der Waals surface area contributed by atoms with Crippen molar-refractivity contribution in [2.24, 2.45) is 5.73 Å². The highest BCUT2D eigenvalue weighted by Crippen LogP contribution is 2.33. The van der Waals surface area contributed by atoms with E-state index >= 15 is 0 Å². The molecule has 19 heavy (non-hydrogen) atoms. The van der Waals surface area contributed by atoms with Crippen molar-refractivity contribution in [3.8, 4) is 0 Å². The van der Waals surface area contributed by atoms with Gasteiger partial charge < -0.3 is 5.73 Å². The van der Waals surface area contributed by atoms with E-state index in [0.29, 0.717) is 0 Å². The fourth-order valence-corrected chi connectivity index (χ4v) is 3.25. The van der Waals surface area contributed by atoms with E-state index in [9.17, 15) is 0 Å². The average Bonchev–Trinajstić information content (AvgIpc) is 2.34. The van der Waals surface area contributed by atoms with Crippen LogP contribution in [0.2, 0.25) is 5.02 Å². The van der Waals surface area contributed by atoms with Crippen molar-refractivity contribution in [2.75, 3.05) is 0 Å². The lowest BCUT2D eigenvalue weighted by Crippen LogP contribution is -2.18. The summed E-state index contributed by atoms with van der Waals surface area (Å²) in [5, 5.41) is 0.760. The van der Waals surface area contributed by atoms with Gasteiger partial charge in [0.25, 0.3) is 0 Å². The van der Waals surface area contributed by atoms with Gasteiger partial charge in [-0.05, 0) is 61.4 Å². The zero-order valence-corrected chi connectivity index (χ0v) is 13.7. The molecule has 2 N–H and O–H groups in total. The van der Waals surface area contributed by atoms with Crippen LogP contribution in [-0.2, 0) is 6.42 Å². The third-order valence-electron chi connectivity index (χ3n) is 2.61. The van der Waals surface area contributed by atoms with Gasteiger partial charge in [0.05, 0.1) is 0 Å². The molecule has 0 aliphatic heterocycles. The predicted molar refractivity (Wildman–Crippen MR) is 87.1 cm³/mol. The van der Waals surface area contributed by atoms with Gasteiger partial charge in [0, 0.05) is 25.3 Å². The third kappa shape index (κ3) is 4.53. The molecule has 0 heterocycles. The van der Waals surface area contributed by atoms with Gasteiger partial charge in [0.1, 0.15) is 0 Å². The fourth-order valence-electron chi connectivity index (χ4n) is 1.78. The SMILES string of the molecule is CC(N)Cc1cc(Br)ccc1Sc1ccc(Cl)cc1. The quantitative estimate of drug-likeness (QED) is 0.820. The lowest BCUT2D eigenvalue weighted by Gasteiger charge is -2.12. The Morgan fingerprint density at radius 2 is 1.89 bits per heavy atom. The molecule has 4 heteroatoms. The number of benzene rings is 2. The number of nitrogens with two attached hydrogens (primary N) is 1. The number of halogens is 2. The van der Waals surface area contributed by atoms with E-state index in [4.69, 9.17) is 17.3 Å². The summed E-state index contributed by atoms with van der Waals surface area (Å²) in [6.45, 7) is 2.03. The largest absolute Gasteiger partial charge is 0.328 e. The molecule has 100 valence electrons. The molecule has 1 atom stereocenters. The molecule has 1 unspecified atom stereocenters. The van der Waals surface area contributed by atoms with Crippen LogP contribution >= 0.6 is 39.3 Å². The third-order valence-corrected chi connectivity index (χ3v) is 4.48. The zero-order chi connectivity index (χ0) is 13.8. The van der Waals surface area contributed by atoms with Crippen LogP contribution in [0.5, 0.6) is 0 Å². The van der Waals surface area contributed by atoms with Gasteiger partial charge in [0.15, 0.2) is 0 Å².